The van der Waals surface area contributed by atoms with E-state index >= 15 is 0 Å². The number of para-hydroxylation sites is 1. The van der Waals surface area contributed by atoms with Crippen LogP contribution in [-0.4, -0.2) is 14.3 Å². The molecule has 1 aliphatic rings. The maximum absolute atomic E-state index is 12.4. The van der Waals surface area contributed by atoms with Crippen molar-refractivity contribution in [3.8, 4) is 0 Å². The molecule has 0 spiro atoms. The standard InChI is InChI=1S/C14H11BrN2O3S/c15-10-4-6-11(7-5-10)21(19,20)17-12-3-1-2-9-8-13(18)16-14(9)12/h1-7,17H,8H2,(H,16,18). The molecule has 0 aliphatic carbocycles. The van der Waals surface area contributed by atoms with Crippen molar-refractivity contribution in [2.24, 2.45) is 0 Å². The number of anilines is 2. The smallest absolute Gasteiger partial charge is 0.261 e. The number of rotatable bonds is 3. The molecule has 108 valence electrons. The van der Waals surface area contributed by atoms with Crippen LogP contribution in [0.3, 0.4) is 0 Å². The third kappa shape index (κ3) is 2.79. The van der Waals surface area contributed by atoms with Gasteiger partial charge < -0.3 is 5.32 Å². The number of hydrogen-bond donors (Lipinski definition) is 2. The van der Waals surface area contributed by atoms with Crippen molar-refractivity contribution in [3.63, 3.8) is 0 Å². The zero-order valence-corrected chi connectivity index (χ0v) is 13.2. The Morgan fingerprint density at radius 3 is 2.52 bits per heavy atom. The predicted octanol–water partition coefficient (Wildman–Crippen LogP) is 2.74. The topological polar surface area (TPSA) is 75.3 Å². The van der Waals surface area contributed by atoms with Crippen LogP contribution >= 0.6 is 15.9 Å². The van der Waals surface area contributed by atoms with E-state index in [-0.39, 0.29) is 17.2 Å². The van der Waals surface area contributed by atoms with E-state index in [0.29, 0.717) is 11.4 Å². The Morgan fingerprint density at radius 1 is 1.10 bits per heavy atom. The lowest BCUT2D eigenvalue weighted by molar-refractivity contribution is -0.115. The molecule has 1 amide bonds. The first-order valence-corrected chi connectivity index (χ1v) is 8.43. The summed E-state index contributed by atoms with van der Waals surface area (Å²) in [5.74, 6) is -0.139. The number of carbonyl (C=O) groups excluding carboxylic acids is 1. The first kappa shape index (κ1) is 14.1. The van der Waals surface area contributed by atoms with Crippen LogP contribution in [0.2, 0.25) is 0 Å². The molecule has 1 aliphatic heterocycles. The van der Waals surface area contributed by atoms with Crippen molar-refractivity contribution in [2.75, 3.05) is 10.0 Å². The number of hydrogen-bond acceptors (Lipinski definition) is 3. The predicted molar refractivity (Wildman–Crippen MR) is 83.7 cm³/mol. The molecular weight excluding hydrogens is 356 g/mol. The maximum atomic E-state index is 12.4. The van der Waals surface area contributed by atoms with Gasteiger partial charge in [0, 0.05) is 4.47 Å². The van der Waals surface area contributed by atoms with Gasteiger partial charge in [-0.3, -0.25) is 9.52 Å². The molecule has 2 aromatic carbocycles. The number of sulfonamides is 1. The van der Waals surface area contributed by atoms with E-state index in [1.807, 2.05) is 0 Å². The molecule has 0 fully saturated rings. The van der Waals surface area contributed by atoms with Crippen LogP contribution in [0.5, 0.6) is 0 Å². The Kier molecular flexibility index (Phi) is 3.46. The number of carbonyl (C=O) groups is 1. The normalized spacial score (nSPS) is 13.7. The number of halogens is 1. The molecule has 2 aromatic rings. The van der Waals surface area contributed by atoms with Crippen LogP contribution in [-0.2, 0) is 21.2 Å². The van der Waals surface area contributed by atoms with Gasteiger partial charge in [-0.1, -0.05) is 28.1 Å². The number of fused-ring (bicyclic) bond motifs is 1. The van der Waals surface area contributed by atoms with Gasteiger partial charge in [-0.05, 0) is 35.9 Å². The summed E-state index contributed by atoms with van der Waals surface area (Å²) in [6.07, 6.45) is 0.267. The molecule has 2 N–H and O–H groups in total. The SMILES string of the molecule is O=C1Cc2cccc(NS(=O)(=O)c3ccc(Br)cc3)c2N1. The van der Waals surface area contributed by atoms with Crippen LogP contribution in [0.15, 0.2) is 51.8 Å². The molecule has 0 bridgehead atoms. The first-order chi connectivity index (χ1) is 9.95. The Balaban J connectivity index is 1.96. The molecule has 0 saturated carbocycles. The van der Waals surface area contributed by atoms with Crippen LogP contribution in [0.4, 0.5) is 11.4 Å². The van der Waals surface area contributed by atoms with Gasteiger partial charge in [-0.25, -0.2) is 8.42 Å². The second kappa shape index (κ2) is 5.16. The molecule has 3 rings (SSSR count). The highest BCUT2D eigenvalue weighted by Gasteiger charge is 2.23. The molecule has 0 aromatic heterocycles. The van der Waals surface area contributed by atoms with Crippen LogP contribution in [0.25, 0.3) is 0 Å². The minimum atomic E-state index is -3.69. The lowest BCUT2D eigenvalue weighted by atomic mass is 10.1. The average molecular weight is 367 g/mol. The van der Waals surface area contributed by atoms with Gasteiger partial charge in [0.2, 0.25) is 5.91 Å². The molecule has 0 saturated heterocycles. The molecule has 0 unspecified atom stereocenters. The van der Waals surface area contributed by atoms with E-state index in [0.717, 1.165) is 10.0 Å². The van der Waals surface area contributed by atoms with Crippen LogP contribution in [0, 0.1) is 0 Å². The highest BCUT2D eigenvalue weighted by molar-refractivity contribution is 9.10. The van der Waals surface area contributed by atoms with E-state index in [2.05, 4.69) is 26.0 Å². The van der Waals surface area contributed by atoms with E-state index in [4.69, 9.17) is 0 Å². The molecule has 0 radical (unpaired) electrons. The van der Waals surface area contributed by atoms with Gasteiger partial charge in [0.25, 0.3) is 10.0 Å². The van der Waals surface area contributed by atoms with Crippen LogP contribution in [0.1, 0.15) is 5.56 Å². The molecule has 7 heteroatoms. The van der Waals surface area contributed by atoms with Gasteiger partial charge in [-0.2, -0.15) is 0 Å². The quantitative estimate of drug-likeness (QED) is 0.876. The minimum Gasteiger partial charge on any atom is -0.324 e. The number of benzene rings is 2. The molecule has 5 nitrogen and oxygen atoms in total. The lowest BCUT2D eigenvalue weighted by Crippen LogP contribution is -2.14. The van der Waals surface area contributed by atoms with E-state index < -0.39 is 10.0 Å². The van der Waals surface area contributed by atoms with Crippen molar-refractivity contribution >= 4 is 43.2 Å². The van der Waals surface area contributed by atoms with E-state index in [9.17, 15) is 13.2 Å². The monoisotopic (exact) mass is 366 g/mol. The van der Waals surface area contributed by atoms with Gasteiger partial charge in [0.15, 0.2) is 0 Å². The zero-order valence-electron chi connectivity index (χ0n) is 10.8. The average Bonchev–Trinajstić information content (AvgIpc) is 2.80. The third-order valence-corrected chi connectivity index (χ3v) is 5.04. The highest BCUT2D eigenvalue weighted by atomic mass is 79.9. The fraction of sp³-hybridized carbons (Fsp3) is 0.0714. The molecule has 21 heavy (non-hydrogen) atoms. The summed E-state index contributed by atoms with van der Waals surface area (Å²) in [4.78, 5) is 11.6. The van der Waals surface area contributed by atoms with Gasteiger partial charge in [-0.15, -0.1) is 0 Å². The largest absolute Gasteiger partial charge is 0.324 e. The second-order valence-electron chi connectivity index (χ2n) is 4.62. The zero-order chi connectivity index (χ0) is 15.0. The Bertz CT molecular complexity index is 817. The summed E-state index contributed by atoms with van der Waals surface area (Å²) < 4.78 is 28.0. The Morgan fingerprint density at radius 2 is 1.81 bits per heavy atom. The van der Waals surface area contributed by atoms with Gasteiger partial charge >= 0.3 is 0 Å². The second-order valence-corrected chi connectivity index (χ2v) is 7.22. The van der Waals surface area contributed by atoms with Crippen molar-refractivity contribution in [1.82, 2.24) is 0 Å². The van der Waals surface area contributed by atoms with E-state index in [1.165, 1.54) is 12.1 Å². The number of amides is 1. The highest BCUT2D eigenvalue weighted by Crippen LogP contribution is 2.32. The van der Waals surface area contributed by atoms with Crippen molar-refractivity contribution < 1.29 is 13.2 Å². The summed E-state index contributed by atoms with van der Waals surface area (Å²) in [5, 5.41) is 2.68. The Labute approximate surface area is 130 Å². The molecule has 0 atom stereocenters. The van der Waals surface area contributed by atoms with Gasteiger partial charge in [0.1, 0.15) is 0 Å². The van der Waals surface area contributed by atoms with Gasteiger partial charge in [0.05, 0.1) is 22.7 Å². The van der Waals surface area contributed by atoms with Crippen LogP contribution < -0.4 is 10.0 Å². The Hall–Kier alpha value is -1.86. The molecular formula is C14H11BrN2O3S. The van der Waals surface area contributed by atoms with Crippen molar-refractivity contribution in [1.29, 1.82) is 0 Å². The summed E-state index contributed by atoms with van der Waals surface area (Å²) in [5.41, 5.74) is 1.69. The summed E-state index contributed by atoms with van der Waals surface area (Å²) >= 11 is 3.26. The van der Waals surface area contributed by atoms with Crippen molar-refractivity contribution in [3.05, 3.63) is 52.5 Å². The minimum absolute atomic E-state index is 0.139. The fourth-order valence-electron chi connectivity index (χ4n) is 2.15. The fourth-order valence-corrected chi connectivity index (χ4v) is 3.49. The third-order valence-electron chi connectivity index (χ3n) is 3.13. The summed E-state index contributed by atoms with van der Waals surface area (Å²) in [7, 11) is -3.69. The van der Waals surface area contributed by atoms with E-state index in [1.54, 1.807) is 30.3 Å². The van der Waals surface area contributed by atoms with Crippen molar-refractivity contribution in [2.45, 2.75) is 11.3 Å². The summed E-state index contributed by atoms with van der Waals surface area (Å²) in [6.45, 7) is 0. The summed E-state index contributed by atoms with van der Waals surface area (Å²) in [6, 6.07) is 11.5. The number of nitrogens with one attached hydrogen (secondary N) is 2. The lowest BCUT2D eigenvalue weighted by Gasteiger charge is -2.11. The maximum Gasteiger partial charge on any atom is 0.261 e. The first-order valence-electron chi connectivity index (χ1n) is 6.16. The molecule has 1 heterocycles.